The Kier molecular flexibility index (Phi) is 6.51. The van der Waals surface area contributed by atoms with Crippen molar-refractivity contribution < 1.29 is 9.53 Å². The second-order valence-corrected chi connectivity index (χ2v) is 7.69. The van der Waals surface area contributed by atoms with E-state index in [0.29, 0.717) is 12.6 Å². The summed E-state index contributed by atoms with van der Waals surface area (Å²) < 4.78 is 7.21. The van der Waals surface area contributed by atoms with Crippen molar-refractivity contribution in [2.24, 2.45) is 0 Å². The summed E-state index contributed by atoms with van der Waals surface area (Å²) in [6, 6.07) is 3.74. The van der Waals surface area contributed by atoms with Gasteiger partial charge in [0.15, 0.2) is 0 Å². The predicted molar refractivity (Wildman–Crippen MR) is 100 cm³/mol. The van der Waals surface area contributed by atoms with Crippen LogP contribution in [-0.2, 0) is 11.3 Å². The fourth-order valence-corrected chi connectivity index (χ4v) is 3.02. The van der Waals surface area contributed by atoms with E-state index < -0.39 is 5.60 Å². The third-order valence-corrected chi connectivity index (χ3v) is 4.20. The third kappa shape index (κ3) is 6.11. The van der Waals surface area contributed by atoms with Gasteiger partial charge in [-0.15, -0.1) is 0 Å². The van der Waals surface area contributed by atoms with Crippen LogP contribution in [0.15, 0.2) is 23.1 Å². The fraction of sp³-hybridized carbons (Fsp3) is 0.684. The van der Waals surface area contributed by atoms with Gasteiger partial charge in [0.25, 0.3) is 5.56 Å². The molecule has 1 aliphatic rings. The van der Waals surface area contributed by atoms with Crippen molar-refractivity contribution in [1.82, 2.24) is 9.47 Å². The fourth-order valence-electron chi connectivity index (χ4n) is 3.02. The summed E-state index contributed by atoms with van der Waals surface area (Å²) in [6.07, 6.45) is 5.38. The molecule has 1 atom stereocenters. The topological polar surface area (TPSA) is 63.6 Å². The van der Waals surface area contributed by atoms with E-state index in [1.54, 1.807) is 15.5 Å². The number of anilines is 1. The Bertz CT molecular complexity index is 634. The minimum atomic E-state index is -0.464. The molecule has 1 aromatic rings. The number of nitrogens with one attached hydrogen (secondary N) is 1. The van der Waals surface area contributed by atoms with Gasteiger partial charge < -0.3 is 19.5 Å². The van der Waals surface area contributed by atoms with Crippen LogP contribution in [0.2, 0.25) is 0 Å². The Morgan fingerprint density at radius 3 is 2.72 bits per heavy atom. The largest absolute Gasteiger partial charge is 0.444 e. The van der Waals surface area contributed by atoms with E-state index in [1.165, 1.54) is 0 Å². The first-order valence-electron chi connectivity index (χ1n) is 9.23. The Labute approximate surface area is 150 Å². The molecule has 0 bridgehead atoms. The Hall–Kier alpha value is -1.98. The van der Waals surface area contributed by atoms with Gasteiger partial charge in [0.05, 0.1) is 5.69 Å². The minimum Gasteiger partial charge on any atom is -0.444 e. The number of hydrogen-bond donors (Lipinski definition) is 1. The highest BCUT2D eigenvalue weighted by molar-refractivity contribution is 5.68. The van der Waals surface area contributed by atoms with Crippen molar-refractivity contribution >= 4 is 11.8 Å². The number of nitrogens with zero attached hydrogens (tertiary/aromatic N) is 2. The van der Waals surface area contributed by atoms with Crippen molar-refractivity contribution in [2.75, 3.05) is 18.4 Å². The van der Waals surface area contributed by atoms with Gasteiger partial charge >= 0.3 is 6.09 Å². The number of aromatic nitrogens is 1. The summed E-state index contributed by atoms with van der Waals surface area (Å²) in [5.41, 5.74) is 0.529. The smallest absolute Gasteiger partial charge is 0.410 e. The molecule has 0 aliphatic carbocycles. The first kappa shape index (κ1) is 19.3. The van der Waals surface area contributed by atoms with E-state index in [4.69, 9.17) is 4.74 Å². The molecule has 25 heavy (non-hydrogen) atoms. The van der Waals surface area contributed by atoms with Crippen LogP contribution >= 0.6 is 0 Å². The van der Waals surface area contributed by atoms with Gasteiger partial charge in [-0.3, -0.25) is 4.79 Å². The molecule has 1 saturated heterocycles. The highest BCUT2D eigenvalue weighted by Crippen LogP contribution is 2.18. The number of carbonyl (C=O) groups is 1. The third-order valence-electron chi connectivity index (χ3n) is 4.20. The molecule has 140 valence electrons. The quantitative estimate of drug-likeness (QED) is 0.904. The van der Waals surface area contributed by atoms with Crippen molar-refractivity contribution in [1.29, 1.82) is 0 Å². The number of ether oxygens (including phenoxy) is 1. The molecule has 1 unspecified atom stereocenters. The molecule has 6 nitrogen and oxygen atoms in total. The van der Waals surface area contributed by atoms with Gasteiger partial charge in [-0.05, 0) is 52.5 Å². The van der Waals surface area contributed by atoms with E-state index in [0.717, 1.165) is 44.5 Å². The molecule has 2 heterocycles. The number of likely N-dealkylation sites (tertiary alicyclic amines) is 1. The zero-order valence-corrected chi connectivity index (χ0v) is 15.9. The molecule has 1 amide bonds. The molecule has 1 N–H and O–H groups in total. The lowest BCUT2D eigenvalue weighted by atomic mass is 10.1. The number of rotatable bonds is 4. The second kappa shape index (κ2) is 8.41. The summed E-state index contributed by atoms with van der Waals surface area (Å²) in [5, 5.41) is 3.52. The molecule has 6 heteroatoms. The van der Waals surface area contributed by atoms with Gasteiger partial charge in [0.1, 0.15) is 5.60 Å². The van der Waals surface area contributed by atoms with E-state index in [-0.39, 0.29) is 11.7 Å². The van der Waals surface area contributed by atoms with Gasteiger partial charge in [0.2, 0.25) is 0 Å². The lowest BCUT2D eigenvalue weighted by Gasteiger charge is -2.26. The van der Waals surface area contributed by atoms with Gasteiger partial charge in [-0.1, -0.05) is 6.92 Å². The van der Waals surface area contributed by atoms with E-state index in [9.17, 15) is 9.59 Å². The lowest BCUT2D eigenvalue weighted by Crippen LogP contribution is -2.37. The summed E-state index contributed by atoms with van der Waals surface area (Å²) in [7, 11) is 0. The predicted octanol–water partition coefficient (Wildman–Crippen LogP) is 3.46. The normalized spacial score (nSPS) is 18.6. The maximum atomic E-state index is 12.2. The van der Waals surface area contributed by atoms with Gasteiger partial charge in [0, 0.05) is 37.9 Å². The molecule has 0 saturated carbocycles. The Balaban J connectivity index is 1.94. The number of hydrogen-bond acceptors (Lipinski definition) is 4. The summed E-state index contributed by atoms with van der Waals surface area (Å²) in [4.78, 5) is 25.8. The standard InChI is InChI=1S/C19H31N3O3/c1-5-11-22-14-16(8-9-17(22)23)20-15-7-6-12-21(13-10-15)18(24)25-19(2,3)4/h8-9,14-15,20H,5-7,10-13H2,1-4H3. The van der Waals surface area contributed by atoms with E-state index in [2.05, 4.69) is 12.2 Å². The van der Waals surface area contributed by atoms with E-state index >= 15 is 0 Å². The first-order chi connectivity index (χ1) is 11.8. The molecule has 0 spiro atoms. The van der Waals surface area contributed by atoms with Crippen LogP contribution in [0.4, 0.5) is 10.5 Å². The minimum absolute atomic E-state index is 0.0318. The molecule has 1 fully saturated rings. The number of carbonyl (C=O) groups excluding carboxylic acids is 1. The Morgan fingerprint density at radius 2 is 2.04 bits per heavy atom. The van der Waals surface area contributed by atoms with Gasteiger partial charge in [-0.2, -0.15) is 0 Å². The van der Waals surface area contributed by atoms with Crippen LogP contribution in [0.3, 0.4) is 0 Å². The second-order valence-electron chi connectivity index (χ2n) is 7.69. The molecular weight excluding hydrogens is 318 g/mol. The van der Waals surface area contributed by atoms with Crippen molar-refractivity contribution in [2.45, 2.75) is 71.6 Å². The SMILES string of the molecule is CCCn1cc(NC2CCCN(C(=O)OC(C)(C)C)CC2)ccc1=O. The van der Waals surface area contributed by atoms with Crippen molar-refractivity contribution in [3.63, 3.8) is 0 Å². The summed E-state index contributed by atoms with van der Waals surface area (Å²) in [6.45, 7) is 9.85. The molecule has 2 rings (SSSR count). The van der Waals surface area contributed by atoms with Crippen LogP contribution in [0.25, 0.3) is 0 Å². The van der Waals surface area contributed by atoms with Gasteiger partial charge in [-0.25, -0.2) is 4.79 Å². The molecule has 1 aromatic heterocycles. The number of amides is 1. The highest BCUT2D eigenvalue weighted by atomic mass is 16.6. The maximum absolute atomic E-state index is 12.2. The zero-order valence-electron chi connectivity index (χ0n) is 15.9. The molecular formula is C19H31N3O3. The highest BCUT2D eigenvalue weighted by Gasteiger charge is 2.25. The monoisotopic (exact) mass is 349 g/mol. The molecule has 0 aromatic carbocycles. The lowest BCUT2D eigenvalue weighted by molar-refractivity contribution is 0.0256. The molecule has 0 radical (unpaired) electrons. The molecule has 1 aliphatic heterocycles. The van der Waals surface area contributed by atoms with Crippen LogP contribution in [-0.4, -0.2) is 40.3 Å². The van der Waals surface area contributed by atoms with Crippen LogP contribution in [0, 0.1) is 0 Å². The maximum Gasteiger partial charge on any atom is 0.410 e. The number of pyridine rings is 1. The average Bonchev–Trinajstić information content (AvgIpc) is 2.75. The summed E-state index contributed by atoms with van der Waals surface area (Å²) >= 11 is 0. The average molecular weight is 349 g/mol. The summed E-state index contributed by atoms with van der Waals surface area (Å²) in [5.74, 6) is 0. The zero-order chi connectivity index (χ0) is 18.4. The van der Waals surface area contributed by atoms with Crippen LogP contribution < -0.4 is 10.9 Å². The number of aryl methyl sites for hydroxylation is 1. The van der Waals surface area contributed by atoms with Crippen molar-refractivity contribution in [3.8, 4) is 0 Å². The van der Waals surface area contributed by atoms with Crippen molar-refractivity contribution in [3.05, 3.63) is 28.7 Å². The van der Waals surface area contributed by atoms with Crippen LogP contribution in [0.5, 0.6) is 0 Å². The van der Waals surface area contributed by atoms with E-state index in [1.807, 2.05) is 33.0 Å². The van der Waals surface area contributed by atoms with Crippen LogP contribution in [0.1, 0.15) is 53.4 Å². The first-order valence-corrected chi connectivity index (χ1v) is 9.23. The Morgan fingerprint density at radius 1 is 1.28 bits per heavy atom.